The fraction of sp³-hybridized carbons (Fsp3) is 0.316. The van der Waals surface area contributed by atoms with E-state index in [4.69, 9.17) is 21.1 Å². The minimum Gasteiger partial charge on any atom is -0.497 e. The van der Waals surface area contributed by atoms with E-state index in [1.807, 2.05) is 36.4 Å². The van der Waals surface area contributed by atoms with Crippen molar-refractivity contribution in [2.45, 2.75) is 25.9 Å². The molecule has 0 aliphatic heterocycles. The molecular formula is C19H22ClNO3. The third-order valence-electron chi connectivity index (χ3n) is 3.60. The van der Waals surface area contributed by atoms with Gasteiger partial charge in [0.15, 0.2) is 6.10 Å². The Kier molecular flexibility index (Phi) is 6.94. The summed E-state index contributed by atoms with van der Waals surface area (Å²) in [6.07, 6.45) is 1.07. The largest absolute Gasteiger partial charge is 0.497 e. The zero-order valence-electron chi connectivity index (χ0n) is 13.9. The van der Waals surface area contributed by atoms with Crippen molar-refractivity contribution in [1.29, 1.82) is 0 Å². The predicted molar refractivity (Wildman–Crippen MR) is 95.9 cm³/mol. The highest BCUT2D eigenvalue weighted by Gasteiger charge is 2.14. The second-order valence-electron chi connectivity index (χ2n) is 5.43. The molecule has 5 heteroatoms. The Morgan fingerprint density at radius 3 is 2.67 bits per heavy atom. The maximum absolute atomic E-state index is 12.1. The van der Waals surface area contributed by atoms with Gasteiger partial charge in [0.1, 0.15) is 11.5 Å². The molecule has 0 heterocycles. The molecule has 128 valence electrons. The molecule has 0 aromatic heterocycles. The Hall–Kier alpha value is -2.20. The van der Waals surface area contributed by atoms with Gasteiger partial charge in [-0.1, -0.05) is 35.9 Å². The highest BCUT2D eigenvalue weighted by Crippen LogP contribution is 2.20. The van der Waals surface area contributed by atoms with E-state index in [9.17, 15) is 4.79 Å². The highest BCUT2D eigenvalue weighted by molar-refractivity contribution is 6.31. The van der Waals surface area contributed by atoms with Crippen molar-refractivity contribution in [3.8, 4) is 11.5 Å². The van der Waals surface area contributed by atoms with Crippen LogP contribution in [-0.4, -0.2) is 25.7 Å². The summed E-state index contributed by atoms with van der Waals surface area (Å²) in [5.74, 6) is 1.16. The molecule has 24 heavy (non-hydrogen) atoms. The van der Waals surface area contributed by atoms with Gasteiger partial charge in [-0.3, -0.25) is 4.79 Å². The van der Waals surface area contributed by atoms with Gasteiger partial charge in [0.05, 0.1) is 7.11 Å². The minimum absolute atomic E-state index is 0.142. The lowest BCUT2D eigenvalue weighted by Crippen LogP contribution is -2.36. The normalized spacial score (nSPS) is 11.6. The first-order valence-corrected chi connectivity index (χ1v) is 8.30. The van der Waals surface area contributed by atoms with E-state index in [1.165, 1.54) is 0 Å². The van der Waals surface area contributed by atoms with Crippen molar-refractivity contribution in [2.24, 2.45) is 0 Å². The Morgan fingerprint density at radius 2 is 1.92 bits per heavy atom. The number of nitrogens with one attached hydrogen (secondary N) is 1. The number of ether oxygens (including phenoxy) is 2. The van der Waals surface area contributed by atoms with Gasteiger partial charge < -0.3 is 14.8 Å². The maximum atomic E-state index is 12.1. The van der Waals surface area contributed by atoms with Crippen LogP contribution in [0.5, 0.6) is 11.5 Å². The maximum Gasteiger partial charge on any atom is 0.260 e. The second-order valence-corrected chi connectivity index (χ2v) is 5.83. The van der Waals surface area contributed by atoms with Crippen LogP contribution in [0.3, 0.4) is 0 Å². The summed E-state index contributed by atoms with van der Waals surface area (Å²) in [6, 6.07) is 14.9. The van der Waals surface area contributed by atoms with Gasteiger partial charge in [-0.15, -0.1) is 0 Å². The first kappa shape index (κ1) is 18.1. The van der Waals surface area contributed by atoms with Crippen molar-refractivity contribution < 1.29 is 14.3 Å². The van der Waals surface area contributed by atoms with Crippen LogP contribution in [0.15, 0.2) is 48.5 Å². The van der Waals surface area contributed by atoms with Crippen LogP contribution in [0.2, 0.25) is 5.02 Å². The molecule has 2 rings (SSSR count). The second kappa shape index (κ2) is 9.18. The molecule has 0 saturated carbocycles. The van der Waals surface area contributed by atoms with Crippen LogP contribution in [0.1, 0.15) is 18.9 Å². The highest BCUT2D eigenvalue weighted by atomic mass is 35.5. The van der Waals surface area contributed by atoms with Crippen LogP contribution in [-0.2, 0) is 11.2 Å². The molecule has 1 N–H and O–H groups in total. The average molecular weight is 348 g/mol. The van der Waals surface area contributed by atoms with Crippen molar-refractivity contribution in [3.63, 3.8) is 0 Å². The number of rotatable bonds is 8. The van der Waals surface area contributed by atoms with E-state index in [0.717, 1.165) is 23.4 Å². The first-order valence-electron chi connectivity index (χ1n) is 7.92. The number of hydrogen-bond donors (Lipinski definition) is 1. The van der Waals surface area contributed by atoms with Crippen molar-refractivity contribution in [1.82, 2.24) is 5.32 Å². The predicted octanol–water partition coefficient (Wildman–Crippen LogP) is 3.86. The van der Waals surface area contributed by atoms with Gasteiger partial charge in [-0.25, -0.2) is 0 Å². The lowest BCUT2D eigenvalue weighted by atomic mass is 10.1. The van der Waals surface area contributed by atoms with Gasteiger partial charge in [-0.2, -0.15) is 0 Å². The molecule has 0 aliphatic carbocycles. The molecule has 0 saturated heterocycles. The zero-order chi connectivity index (χ0) is 17.4. The van der Waals surface area contributed by atoms with Crippen LogP contribution in [0.25, 0.3) is 0 Å². The molecule has 1 atom stereocenters. The van der Waals surface area contributed by atoms with Gasteiger partial charge in [0, 0.05) is 17.6 Å². The minimum atomic E-state index is -0.572. The molecule has 0 bridgehead atoms. The number of halogens is 1. The number of amides is 1. The van der Waals surface area contributed by atoms with Crippen molar-refractivity contribution in [3.05, 3.63) is 59.1 Å². The Labute approximate surface area is 147 Å². The van der Waals surface area contributed by atoms with Gasteiger partial charge in [0.2, 0.25) is 0 Å². The zero-order valence-corrected chi connectivity index (χ0v) is 14.7. The fourth-order valence-corrected chi connectivity index (χ4v) is 2.50. The molecule has 1 amide bonds. The molecule has 0 spiro atoms. The number of benzene rings is 2. The van der Waals surface area contributed by atoms with Crippen molar-refractivity contribution >= 4 is 17.5 Å². The molecule has 0 radical (unpaired) electrons. The number of methoxy groups -OCH3 is 1. The lowest BCUT2D eigenvalue weighted by Gasteiger charge is -2.15. The Balaban J connectivity index is 1.74. The molecule has 4 nitrogen and oxygen atoms in total. The SMILES string of the molecule is COc1cccc(OC(C)C(=O)NCCCc2ccccc2Cl)c1. The van der Waals surface area contributed by atoms with Crippen LogP contribution >= 0.6 is 11.6 Å². The first-order chi connectivity index (χ1) is 11.6. The summed E-state index contributed by atoms with van der Waals surface area (Å²) in [5, 5.41) is 3.65. The van der Waals surface area contributed by atoms with Crippen LogP contribution in [0.4, 0.5) is 0 Å². The molecule has 1 unspecified atom stereocenters. The van der Waals surface area contributed by atoms with E-state index in [2.05, 4.69) is 5.32 Å². The van der Waals surface area contributed by atoms with E-state index in [-0.39, 0.29) is 5.91 Å². The third kappa shape index (κ3) is 5.46. The van der Waals surface area contributed by atoms with Crippen LogP contribution in [0, 0.1) is 0 Å². The monoisotopic (exact) mass is 347 g/mol. The third-order valence-corrected chi connectivity index (χ3v) is 3.97. The summed E-state index contributed by atoms with van der Waals surface area (Å²) in [6.45, 7) is 2.30. The summed E-state index contributed by atoms with van der Waals surface area (Å²) in [5.41, 5.74) is 1.09. The number of aryl methyl sites for hydroxylation is 1. The number of hydrogen-bond acceptors (Lipinski definition) is 3. The smallest absolute Gasteiger partial charge is 0.260 e. The van der Waals surface area contributed by atoms with E-state index in [0.29, 0.717) is 18.0 Å². The van der Waals surface area contributed by atoms with Gasteiger partial charge in [-0.05, 0) is 43.5 Å². The molecule has 2 aromatic rings. The van der Waals surface area contributed by atoms with Crippen molar-refractivity contribution in [2.75, 3.05) is 13.7 Å². The Morgan fingerprint density at radius 1 is 1.17 bits per heavy atom. The molecule has 0 aliphatic rings. The Bertz CT molecular complexity index is 675. The fourth-order valence-electron chi connectivity index (χ4n) is 2.27. The standard InChI is InChI=1S/C19H22ClNO3/c1-14(24-17-10-5-9-16(13-17)23-2)19(22)21-12-6-8-15-7-3-4-11-18(15)20/h3-5,7,9-11,13-14H,6,8,12H2,1-2H3,(H,21,22). The van der Waals surface area contributed by atoms with Gasteiger partial charge in [0.25, 0.3) is 5.91 Å². The van der Waals surface area contributed by atoms with E-state index < -0.39 is 6.10 Å². The van der Waals surface area contributed by atoms with Crippen LogP contribution < -0.4 is 14.8 Å². The van der Waals surface area contributed by atoms with E-state index in [1.54, 1.807) is 26.2 Å². The number of carbonyl (C=O) groups excluding carboxylic acids is 1. The quantitative estimate of drug-likeness (QED) is 0.737. The summed E-state index contributed by atoms with van der Waals surface area (Å²) < 4.78 is 10.8. The summed E-state index contributed by atoms with van der Waals surface area (Å²) >= 11 is 6.11. The molecular weight excluding hydrogens is 326 g/mol. The lowest BCUT2D eigenvalue weighted by molar-refractivity contribution is -0.127. The summed E-state index contributed by atoms with van der Waals surface area (Å²) in [4.78, 5) is 12.1. The van der Waals surface area contributed by atoms with E-state index >= 15 is 0 Å². The molecule has 2 aromatic carbocycles. The topological polar surface area (TPSA) is 47.6 Å². The molecule has 0 fully saturated rings. The number of carbonyl (C=O) groups is 1. The van der Waals surface area contributed by atoms with Gasteiger partial charge >= 0.3 is 0 Å². The average Bonchev–Trinajstić information content (AvgIpc) is 2.60. The summed E-state index contributed by atoms with van der Waals surface area (Å²) in [7, 11) is 1.59.